The number of anilines is 1. The Labute approximate surface area is 275 Å². The molecule has 0 heterocycles. The lowest BCUT2D eigenvalue weighted by Gasteiger charge is -2.11. The van der Waals surface area contributed by atoms with Crippen LogP contribution < -0.4 is 25.0 Å². The summed E-state index contributed by atoms with van der Waals surface area (Å²) in [5.74, 6) is -1.54. The number of benzene rings is 4. The summed E-state index contributed by atoms with van der Waals surface area (Å²) in [5, 5.41) is 6.76. The van der Waals surface area contributed by atoms with Crippen LogP contribution in [0.2, 0.25) is 0 Å². The molecule has 0 bridgehead atoms. The lowest BCUT2D eigenvalue weighted by Crippen LogP contribution is -2.18. The molecule has 0 spiro atoms. The molecule has 0 saturated heterocycles. The minimum atomic E-state index is -0.599. The van der Waals surface area contributed by atoms with Gasteiger partial charge in [0.05, 0.1) is 17.8 Å². The highest BCUT2D eigenvalue weighted by molar-refractivity contribution is 9.11. The average molecular weight is 735 g/mol. The first-order valence-corrected chi connectivity index (χ1v) is 14.8. The van der Waals surface area contributed by atoms with Gasteiger partial charge in [0.15, 0.2) is 17.2 Å². The van der Waals surface area contributed by atoms with Crippen LogP contribution in [-0.4, -0.2) is 37.1 Å². The molecule has 0 fully saturated rings. The Kier molecular flexibility index (Phi) is 11.4. The number of ether oxygens (including phenoxy) is 3. The van der Waals surface area contributed by atoms with Gasteiger partial charge < -0.3 is 19.5 Å². The summed E-state index contributed by atoms with van der Waals surface area (Å²) < 4.78 is 17.0. The predicted octanol–water partition coefficient (Wildman–Crippen LogP) is 6.78. The third-order valence-electron chi connectivity index (χ3n) is 5.88. The molecule has 4 rings (SSSR count). The fourth-order valence-corrected chi connectivity index (χ4v) is 5.20. The van der Waals surface area contributed by atoms with E-state index in [1.165, 1.54) is 50.6 Å². The molecule has 2 amide bonds. The fourth-order valence-electron chi connectivity index (χ4n) is 3.86. The van der Waals surface area contributed by atoms with Crippen molar-refractivity contribution in [3.8, 4) is 17.2 Å². The van der Waals surface area contributed by atoms with Crippen LogP contribution in [0.4, 0.5) is 5.69 Å². The largest absolute Gasteiger partial charge is 0.493 e. The van der Waals surface area contributed by atoms with Crippen molar-refractivity contribution in [3.63, 3.8) is 0 Å². The molecule has 228 valence electrons. The van der Waals surface area contributed by atoms with Crippen LogP contribution in [0.15, 0.2) is 105 Å². The Bertz CT molecular complexity index is 1810. The highest BCUT2D eigenvalue weighted by atomic mass is 79.9. The van der Waals surface area contributed by atoms with E-state index in [4.69, 9.17) is 14.2 Å². The van der Waals surface area contributed by atoms with E-state index >= 15 is 0 Å². The molecule has 2 N–H and O–H groups in total. The van der Waals surface area contributed by atoms with Crippen LogP contribution in [0.5, 0.6) is 17.2 Å². The summed E-state index contributed by atoms with van der Waals surface area (Å²) in [6.07, 6.45) is 4.29. The van der Waals surface area contributed by atoms with Crippen molar-refractivity contribution >= 4 is 73.6 Å². The molecule has 4 aromatic rings. The first-order chi connectivity index (χ1) is 21.6. The number of amides is 2. The lowest BCUT2D eigenvalue weighted by molar-refractivity contribution is -0.132. The molecule has 0 atom stereocenters. The van der Waals surface area contributed by atoms with Gasteiger partial charge in [-0.25, -0.2) is 10.2 Å². The number of carbonyl (C=O) groups excluding carboxylic acids is 4. The molecule has 0 saturated carbocycles. The monoisotopic (exact) mass is 733 g/mol. The number of hydrogen-bond acceptors (Lipinski definition) is 8. The van der Waals surface area contributed by atoms with Crippen LogP contribution in [0.1, 0.15) is 38.8 Å². The van der Waals surface area contributed by atoms with Crippen molar-refractivity contribution < 1.29 is 33.4 Å². The van der Waals surface area contributed by atoms with Crippen LogP contribution in [-0.2, 0) is 9.59 Å². The second-order valence-corrected chi connectivity index (χ2v) is 10.9. The Balaban J connectivity index is 1.43. The zero-order chi connectivity index (χ0) is 32.3. The van der Waals surface area contributed by atoms with Crippen molar-refractivity contribution in [2.75, 3.05) is 12.4 Å². The molecule has 0 aliphatic heterocycles. The van der Waals surface area contributed by atoms with Crippen molar-refractivity contribution in [3.05, 3.63) is 122 Å². The van der Waals surface area contributed by atoms with E-state index in [-0.39, 0.29) is 28.4 Å². The quantitative estimate of drug-likeness (QED) is 0.0604. The Morgan fingerprint density at radius 1 is 0.800 bits per heavy atom. The van der Waals surface area contributed by atoms with E-state index in [0.717, 1.165) is 5.56 Å². The predicted molar refractivity (Wildman–Crippen MR) is 177 cm³/mol. The number of rotatable bonds is 10. The number of nitrogens with one attached hydrogen (secondary N) is 2. The molecular weight excluding hydrogens is 710 g/mol. The number of halogens is 2. The van der Waals surface area contributed by atoms with Gasteiger partial charge in [0.2, 0.25) is 0 Å². The first kappa shape index (κ1) is 32.8. The Morgan fingerprint density at radius 3 is 2.29 bits per heavy atom. The van der Waals surface area contributed by atoms with E-state index in [1.54, 1.807) is 36.4 Å². The van der Waals surface area contributed by atoms with Gasteiger partial charge in [-0.05, 0) is 76.1 Å². The van der Waals surface area contributed by atoms with Crippen molar-refractivity contribution in [1.82, 2.24) is 5.43 Å². The molecule has 45 heavy (non-hydrogen) atoms. The number of methoxy groups -OCH3 is 1. The number of hydrogen-bond donors (Lipinski definition) is 2. The Hall–Kier alpha value is -5.07. The maximum Gasteiger partial charge on any atom is 0.336 e. The standard InChI is InChI=1S/C33H25Br2N3O7/c1-20(39)44-28-13-12-23(17-29(28)43-2)32(41)37-26-10-6-9-22(16-26)33(42)38-36-19-24-15-25(34)18-27(35)31(24)45-30(40)14-11-21-7-4-3-5-8-21/h3-19H,1-2H3,(H,37,41)(H,38,42)/b14-11+,36-19?. The molecule has 0 aromatic heterocycles. The van der Waals surface area contributed by atoms with Crippen LogP contribution in [0.3, 0.4) is 0 Å². The molecule has 0 radical (unpaired) electrons. The zero-order valence-electron chi connectivity index (χ0n) is 23.9. The second-order valence-electron chi connectivity index (χ2n) is 9.16. The number of esters is 2. The third kappa shape index (κ3) is 9.46. The van der Waals surface area contributed by atoms with Gasteiger partial charge in [0.25, 0.3) is 11.8 Å². The SMILES string of the molecule is COc1cc(C(=O)Nc2cccc(C(=O)NN=Cc3cc(Br)cc(Br)c3OC(=O)/C=C/c3ccccc3)c2)ccc1OC(C)=O. The minimum Gasteiger partial charge on any atom is -0.493 e. The second kappa shape index (κ2) is 15.6. The minimum absolute atomic E-state index is 0.182. The molecule has 0 aliphatic carbocycles. The maximum absolute atomic E-state index is 12.9. The van der Waals surface area contributed by atoms with E-state index in [9.17, 15) is 19.2 Å². The topological polar surface area (TPSA) is 132 Å². The number of carbonyl (C=O) groups is 4. The maximum atomic E-state index is 12.9. The van der Waals surface area contributed by atoms with Crippen molar-refractivity contribution in [2.24, 2.45) is 5.10 Å². The Morgan fingerprint density at radius 2 is 1.56 bits per heavy atom. The third-order valence-corrected chi connectivity index (χ3v) is 6.93. The van der Waals surface area contributed by atoms with E-state index < -0.39 is 23.8 Å². The normalized spacial score (nSPS) is 10.8. The van der Waals surface area contributed by atoms with Gasteiger partial charge in [-0.1, -0.05) is 52.3 Å². The van der Waals surface area contributed by atoms with Crippen LogP contribution in [0.25, 0.3) is 6.08 Å². The highest BCUT2D eigenvalue weighted by Gasteiger charge is 2.15. The van der Waals surface area contributed by atoms with Gasteiger partial charge in [0.1, 0.15) is 0 Å². The molecule has 10 nitrogen and oxygen atoms in total. The zero-order valence-corrected chi connectivity index (χ0v) is 27.0. The average Bonchev–Trinajstić information content (AvgIpc) is 3.02. The van der Waals surface area contributed by atoms with Crippen molar-refractivity contribution in [2.45, 2.75) is 6.92 Å². The van der Waals surface area contributed by atoms with Crippen LogP contribution >= 0.6 is 31.9 Å². The molecule has 12 heteroatoms. The molecule has 0 unspecified atom stereocenters. The van der Waals surface area contributed by atoms with E-state index in [0.29, 0.717) is 20.2 Å². The van der Waals surface area contributed by atoms with Gasteiger partial charge in [-0.15, -0.1) is 0 Å². The first-order valence-electron chi connectivity index (χ1n) is 13.2. The van der Waals surface area contributed by atoms with Crippen molar-refractivity contribution in [1.29, 1.82) is 0 Å². The van der Waals surface area contributed by atoms with Gasteiger partial charge >= 0.3 is 11.9 Å². The number of nitrogens with zero attached hydrogens (tertiary/aromatic N) is 1. The molecular formula is C33H25Br2N3O7. The van der Waals surface area contributed by atoms with Gasteiger partial charge in [0, 0.05) is 39.9 Å². The summed E-state index contributed by atoms with van der Waals surface area (Å²) >= 11 is 6.81. The summed E-state index contributed by atoms with van der Waals surface area (Å²) in [7, 11) is 1.39. The highest BCUT2D eigenvalue weighted by Crippen LogP contribution is 2.32. The lowest BCUT2D eigenvalue weighted by atomic mass is 10.1. The van der Waals surface area contributed by atoms with E-state index in [2.05, 4.69) is 47.7 Å². The van der Waals surface area contributed by atoms with Crippen LogP contribution in [0, 0.1) is 0 Å². The molecule has 0 aliphatic rings. The fraction of sp³-hybridized carbons (Fsp3) is 0.0606. The summed E-state index contributed by atoms with van der Waals surface area (Å²) in [6.45, 7) is 1.26. The van der Waals surface area contributed by atoms with E-state index in [1.807, 2.05) is 30.3 Å². The summed E-state index contributed by atoms with van der Waals surface area (Å²) in [5.41, 5.74) is 4.51. The smallest absolute Gasteiger partial charge is 0.336 e. The summed E-state index contributed by atoms with van der Waals surface area (Å²) in [4.78, 5) is 49.5. The van der Waals surface area contributed by atoms with Gasteiger partial charge in [-0.2, -0.15) is 5.10 Å². The van der Waals surface area contributed by atoms with Gasteiger partial charge in [-0.3, -0.25) is 14.4 Å². The molecule has 4 aromatic carbocycles. The number of hydrazone groups is 1. The summed E-state index contributed by atoms with van der Waals surface area (Å²) in [6, 6.07) is 23.3.